The van der Waals surface area contributed by atoms with E-state index in [1.807, 2.05) is 5.32 Å². The Morgan fingerprint density at radius 1 is 1.05 bits per heavy atom. The summed E-state index contributed by atoms with van der Waals surface area (Å²) in [6, 6.07) is 8.77. The van der Waals surface area contributed by atoms with Crippen molar-refractivity contribution in [1.29, 1.82) is 0 Å². The Bertz CT molecular complexity index is 1410. The van der Waals surface area contributed by atoms with Gasteiger partial charge in [0.2, 0.25) is 5.91 Å². The highest BCUT2D eigenvalue weighted by molar-refractivity contribution is 6.54. The molecule has 11 nitrogen and oxygen atoms in total. The number of amides is 3. The van der Waals surface area contributed by atoms with Gasteiger partial charge in [0.1, 0.15) is 17.9 Å². The van der Waals surface area contributed by atoms with Gasteiger partial charge in [0.05, 0.1) is 16.1 Å². The summed E-state index contributed by atoms with van der Waals surface area (Å²) < 4.78 is 5.46. The van der Waals surface area contributed by atoms with E-state index in [1.54, 1.807) is 38.1 Å². The molecule has 3 amide bonds. The number of hydrogen-bond acceptors (Lipinski definition) is 7. The topological polar surface area (TPSA) is 155 Å². The highest BCUT2D eigenvalue weighted by atomic mass is 35.5. The Kier molecular flexibility index (Phi) is 11.4. The monoisotopic (exact) mass is 643 g/mol. The van der Waals surface area contributed by atoms with Crippen LogP contribution in [0.15, 0.2) is 47.1 Å². The predicted octanol–water partition coefficient (Wildman–Crippen LogP) is 5.21. The second-order valence-electron chi connectivity index (χ2n) is 9.03. The fraction of sp³-hybridized carbons (Fsp3) is 0.308. The largest absolute Gasteiger partial charge is 0.465 e. The number of aromatic nitrogens is 2. The molecule has 3 rings (SSSR count). The number of rotatable bonds is 12. The van der Waals surface area contributed by atoms with Crippen molar-refractivity contribution in [1.82, 2.24) is 20.8 Å². The standard InChI is InChI=1S/C26H25Cl4N5O6/c1-13(2)23(33-21(37)12-32-26(39)40)19(36)7-9-35(25(38)24(29)30)14-6-8-31-17(10-14)20-11-18(34-41-20)22-15(27)4-3-5-16(22)28/h3-6,8,10-11,13,23-24,32H,7,9,12H2,1-2H3,(H,33,37)(H,39,40). The lowest BCUT2D eigenvalue weighted by Gasteiger charge is -2.26. The fourth-order valence-corrected chi connectivity index (χ4v) is 4.67. The van der Waals surface area contributed by atoms with Gasteiger partial charge >= 0.3 is 6.09 Å². The number of ketones is 1. The Morgan fingerprint density at radius 2 is 1.73 bits per heavy atom. The van der Waals surface area contributed by atoms with Crippen LogP contribution in [0, 0.1) is 5.92 Å². The van der Waals surface area contributed by atoms with E-state index in [1.165, 1.54) is 23.2 Å². The first-order valence-corrected chi connectivity index (χ1v) is 13.8. The molecule has 2 aromatic heterocycles. The van der Waals surface area contributed by atoms with E-state index in [4.69, 9.17) is 56.0 Å². The minimum absolute atomic E-state index is 0.125. The van der Waals surface area contributed by atoms with Gasteiger partial charge in [0, 0.05) is 36.5 Å². The predicted molar refractivity (Wildman–Crippen MR) is 155 cm³/mol. The smallest absolute Gasteiger partial charge is 0.405 e. The molecular formula is C26H25Cl4N5O6. The van der Waals surface area contributed by atoms with Gasteiger partial charge < -0.3 is 25.2 Å². The van der Waals surface area contributed by atoms with E-state index in [0.717, 1.165) is 0 Å². The summed E-state index contributed by atoms with van der Waals surface area (Å²) in [6.07, 6.45) is -0.109. The van der Waals surface area contributed by atoms with Crippen molar-refractivity contribution >= 4 is 75.8 Å². The molecule has 0 radical (unpaired) electrons. The summed E-state index contributed by atoms with van der Waals surface area (Å²) in [4.78, 5) is 52.8. The highest BCUT2D eigenvalue weighted by Gasteiger charge is 2.28. The van der Waals surface area contributed by atoms with E-state index < -0.39 is 35.3 Å². The minimum Gasteiger partial charge on any atom is -0.465 e. The van der Waals surface area contributed by atoms with Crippen molar-refractivity contribution in [3.63, 3.8) is 0 Å². The van der Waals surface area contributed by atoms with Gasteiger partial charge in [0.15, 0.2) is 16.4 Å². The lowest BCUT2D eigenvalue weighted by atomic mass is 9.97. The molecular weight excluding hydrogens is 620 g/mol. The summed E-state index contributed by atoms with van der Waals surface area (Å²) in [5, 5.41) is 18.0. The van der Waals surface area contributed by atoms with Gasteiger partial charge in [-0.3, -0.25) is 19.4 Å². The molecule has 0 aliphatic carbocycles. The second kappa shape index (κ2) is 14.5. The Morgan fingerprint density at radius 3 is 2.34 bits per heavy atom. The van der Waals surface area contributed by atoms with Crippen LogP contribution in [0.5, 0.6) is 0 Å². The van der Waals surface area contributed by atoms with Crippen LogP contribution in [0.25, 0.3) is 22.7 Å². The zero-order valence-electron chi connectivity index (χ0n) is 21.7. The number of pyridine rings is 1. The molecule has 0 saturated heterocycles. The van der Waals surface area contributed by atoms with Gasteiger partial charge in [-0.15, -0.1) is 0 Å². The van der Waals surface area contributed by atoms with Crippen molar-refractivity contribution in [2.24, 2.45) is 5.92 Å². The van der Waals surface area contributed by atoms with E-state index in [9.17, 15) is 19.2 Å². The highest BCUT2D eigenvalue weighted by Crippen LogP contribution is 2.36. The number of alkyl halides is 2. The third-order valence-corrected chi connectivity index (χ3v) is 6.80. The number of halogens is 4. The van der Waals surface area contributed by atoms with Crippen molar-refractivity contribution in [2.75, 3.05) is 18.0 Å². The summed E-state index contributed by atoms with van der Waals surface area (Å²) in [6.45, 7) is 2.81. The third-order valence-electron chi connectivity index (χ3n) is 5.80. The number of carbonyl (C=O) groups is 4. The molecule has 3 N–H and O–H groups in total. The SMILES string of the molecule is CC(C)C(NC(=O)CNC(=O)O)C(=O)CCN(C(=O)C(Cl)Cl)c1ccnc(-c2cc(-c3c(Cl)cccc3Cl)no2)c1. The fourth-order valence-electron chi connectivity index (χ4n) is 3.84. The minimum atomic E-state index is -1.43. The van der Waals surface area contributed by atoms with Crippen LogP contribution in [0.2, 0.25) is 10.0 Å². The zero-order chi connectivity index (χ0) is 30.3. The first-order chi connectivity index (χ1) is 19.4. The van der Waals surface area contributed by atoms with E-state index >= 15 is 0 Å². The van der Waals surface area contributed by atoms with Crippen LogP contribution < -0.4 is 15.5 Å². The average molecular weight is 645 g/mol. The number of carboxylic acid groups (broad SMARTS) is 1. The third kappa shape index (κ3) is 8.56. The molecule has 0 aliphatic heterocycles. The Labute approximate surface area is 255 Å². The van der Waals surface area contributed by atoms with E-state index in [2.05, 4.69) is 15.5 Å². The van der Waals surface area contributed by atoms with E-state index in [0.29, 0.717) is 32.7 Å². The molecule has 2 heterocycles. The van der Waals surface area contributed by atoms with Crippen LogP contribution in [-0.2, 0) is 14.4 Å². The number of benzene rings is 1. The molecule has 0 saturated carbocycles. The lowest BCUT2D eigenvalue weighted by molar-refractivity contribution is -0.128. The molecule has 41 heavy (non-hydrogen) atoms. The normalized spacial score (nSPS) is 11.8. The molecule has 3 aromatic rings. The molecule has 0 aliphatic rings. The summed E-state index contributed by atoms with van der Waals surface area (Å²) >= 11 is 24.4. The quantitative estimate of drug-likeness (QED) is 0.227. The molecule has 0 spiro atoms. The summed E-state index contributed by atoms with van der Waals surface area (Å²) in [5.41, 5.74) is 1.49. The van der Waals surface area contributed by atoms with Crippen molar-refractivity contribution < 1.29 is 28.8 Å². The number of nitrogens with one attached hydrogen (secondary N) is 2. The molecule has 1 aromatic carbocycles. The van der Waals surface area contributed by atoms with Crippen molar-refractivity contribution in [2.45, 2.75) is 31.1 Å². The van der Waals surface area contributed by atoms with Gasteiger partial charge in [-0.05, 0) is 30.2 Å². The van der Waals surface area contributed by atoms with Crippen LogP contribution in [0.1, 0.15) is 20.3 Å². The Balaban J connectivity index is 1.82. The molecule has 0 fully saturated rings. The molecule has 1 atom stereocenters. The molecule has 1 unspecified atom stereocenters. The number of Topliss-reactive ketones (excluding diaryl/α,β-unsaturated/α-hetero) is 1. The van der Waals surface area contributed by atoms with Crippen LogP contribution in [-0.4, -0.2) is 62.9 Å². The maximum atomic E-state index is 13.1. The van der Waals surface area contributed by atoms with Gasteiger partial charge in [-0.25, -0.2) is 4.79 Å². The maximum Gasteiger partial charge on any atom is 0.405 e. The van der Waals surface area contributed by atoms with Gasteiger partial charge in [-0.1, -0.05) is 71.5 Å². The van der Waals surface area contributed by atoms with Crippen LogP contribution in [0.4, 0.5) is 10.5 Å². The van der Waals surface area contributed by atoms with Crippen LogP contribution >= 0.6 is 46.4 Å². The Hall–Kier alpha value is -3.38. The number of carbonyl (C=O) groups excluding carboxylic acids is 3. The average Bonchev–Trinajstić information content (AvgIpc) is 3.40. The second-order valence-corrected chi connectivity index (χ2v) is 10.9. The van der Waals surface area contributed by atoms with Crippen molar-refractivity contribution in [3.05, 3.63) is 52.6 Å². The molecule has 218 valence electrons. The van der Waals surface area contributed by atoms with Crippen LogP contribution in [0.3, 0.4) is 0 Å². The van der Waals surface area contributed by atoms with Gasteiger partial charge in [0.25, 0.3) is 5.91 Å². The summed E-state index contributed by atoms with van der Waals surface area (Å²) in [5.74, 6) is -1.79. The number of nitrogens with zero attached hydrogens (tertiary/aromatic N) is 3. The van der Waals surface area contributed by atoms with E-state index in [-0.39, 0.29) is 30.4 Å². The first kappa shape index (κ1) is 32.1. The summed E-state index contributed by atoms with van der Waals surface area (Å²) in [7, 11) is 0. The molecule has 15 heteroatoms. The molecule has 0 bridgehead atoms. The zero-order valence-corrected chi connectivity index (χ0v) is 24.8. The lowest BCUT2D eigenvalue weighted by Crippen LogP contribution is -2.48. The van der Waals surface area contributed by atoms with Gasteiger partial charge in [-0.2, -0.15) is 0 Å². The number of hydrogen-bond donors (Lipinski definition) is 3. The first-order valence-electron chi connectivity index (χ1n) is 12.1. The van der Waals surface area contributed by atoms with Crippen molar-refractivity contribution in [3.8, 4) is 22.7 Å². The maximum absolute atomic E-state index is 13.1. The number of anilines is 1.